The molecule has 1 heterocycles. The number of ether oxygens (including phenoxy) is 3. The summed E-state index contributed by atoms with van der Waals surface area (Å²) < 4.78 is 13.8. The van der Waals surface area contributed by atoms with Gasteiger partial charge in [-0.3, -0.25) is 0 Å². The Morgan fingerprint density at radius 2 is 1.57 bits per heavy atom. The van der Waals surface area contributed by atoms with Crippen molar-refractivity contribution in [3.8, 4) is 0 Å². The largest absolute Gasteiger partial charge is 0.465 e. The molecule has 2 rings (SSSR count). The molecule has 23 heavy (non-hydrogen) atoms. The number of fused-ring (bicyclic) bond motifs is 1. The van der Waals surface area contributed by atoms with E-state index in [1.54, 1.807) is 24.3 Å². The SMILES string of the molecule is COC(=O)C(C(=O)OC)=C1c2ccccc2N(C(=O)OC)C1O. The number of aliphatic hydroxyl groups is 1. The standard InChI is InChI=1S/C15H15NO7/c1-21-13(18)11(14(19)22-2)10-8-6-4-5-7-9(8)16(12(10)17)15(20)23-3/h4-7,12,17H,1-3H3. The monoisotopic (exact) mass is 321 g/mol. The maximum absolute atomic E-state index is 12.0. The van der Waals surface area contributed by atoms with Crippen LogP contribution in [0.4, 0.5) is 10.5 Å². The number of amides is 1. The molecule has 0 saturated carbocycles. The molecule has 0 fully saturated rings. The van der Waals surface area contributed by atoms with Crippen LogP contribution in [0.25, 0.3) is 5.57 Å². The third-order valence-electron chi connectivity index (χ3n) is 3.38. The third kappa shape index (κ3) is 2.64. The second-order valence-corrected chi connectivity index (χ2v) is 4.50. The average Bonchev–Trinajstić information content (AvgIpc) is 2.86. The van der Waals surface area contributed by atoms with Gasteiger partial charge in [0.15, 0.2) is 11.8 Å². The highest BCUT2D eigenvalue weighted by atomic mass is 16.6. The molecule has 8 nitrogen and oxygen atoms in total. The highest BCUT2D eigenvalue weighted by molar-refractivity contribution is 6.22. The Kier molecular flexibility index (Phi) is 4.65. The van der Waals surface area contributed by atoms with Crippen molar-refractivity contribution in [3.05, 3.63) is 35.4 Å². The third-order valence-corrected chi connectivity index (χ3v) is 3.38. The van der Waals surface area contributed by atoms with Crippen LogP contribution in [-0.2, 0) is 23.8 Å². The summed E-state index contributed by atoms with van der Waals surface area (Å²) in [4.78, 5) is 36.8. The Hall–Kier alpha value is -2.87. The molecule has 0 spiro atoms. The zero-order valence-electron chi connectivity index (χ0n) is 12.7. The first-order valence-corrected chi connectivity index (χ1v) is 6.53. The van der Waals surface area contributed by atoms with E-state index in [0.717, 1.165) is 26.2 Å². The summed E-state index contributed by atoms with van der Waals surface area (Å²) in [6.07, 6.45) is -2.43. The molecule has 122 valence electrons. The molecule has 1 aromatic rings. The summed E-state index contributed by atoms with van der Waals surface area (Å²) in [5.41, 5.74) is 0.0643. The van der Waals surface area contributed by atoms with E-state index in [9.17, 15) is 19.5 Å². The first-order valence-electron chi connectivity index (χ1n) is 6.53. The van der Waals surface area contributed by atoms with Crippen molar-refractivity contribution in [2.24, 2.45) is 0 Å². The Morgan fingerprint density at radius 3 is 2.09 bits per heavy atom. The fraction of sp³-hybridized carbons (Fsp3) is 0.267. The number of nitrogens with zero attached hydrogens (tertiary/aromatic N) is 1. The van der Waals surface area contributed by atoms with Crippen LogP contribution >= 0.6 is 0 Å². The fourth-order valence-corrected chi connectivity index (χ4v) is 2.38. The molecule has 0 saturated heterocycles. The minimum Gasteiger partial charge on any atom is -0.465 e. The average molecular weight is 321 g/mol. The molecule has 1 N–H and O–H groups in total. The maximum Gasteiger partial charge on any atom is 0.416 e. The number of methoxy groups -OCH3 is 3. The summed E-state index contributed by atoms with van der Waals surface area (Å²) in [7, 11) is 3.34. The van der Waals surface area contributed by atoms with Crippen LogP contribution < -0.4 is 4.90 Å². The lowest BCUT2D eigenvalue weighted by atomic mass is 10.0. The summed E-state index contributed by atoms with van der Waals surface area (Å²) in [6, 6.07) is 6.39. The van der Waals surface area contributed by atoms with E-state index in [1.165, 1.54) is 0 Å². The van der Waals surface area contributed by atoms with Crippen molar-refractivity contribution in [1.29, 1.82) is 0 Å². The zero-order valence-corrected chi connectivity index (χ0v) is 12.7. The topological polar surface area (TPSA) is 102 Å². The van der Waals surface area contributed by atoms with Crippen LogP contribution in [0.1, 0.15) is 5.56 Å². The second kappa shape index (κ2) is 6.49. The van der Waals surface area contributed by atoms with Crippen LogP contribution in [0, 0.1) is 0 Å². The molecular weight excluding hydrogens is 306 g/mol. The number of hydrogen-bond donors (Lipinski definition) is 1. The fourth-order valence-electron chi connectivity index (χ4n) is 2.38. The van der Waals surface area contributed by atoms with Gasteiger partial charge in [-0.2, -0.15) is 0 Å². The number of anilines is 1. The summed E-state index contributed by atoms with van der Waals surface area (Å²) >= 11 is 0. The van der Waals surface area contributed by atoms with Crippen LogP contribution in [0.5, 0.6) is 0 Å². The van der Waals surface area contributed by atoms with Crippen molar-refractivity contribution in [2.75, 3.05) is 26.2 Å². The number of carbonyl (C=O) groups excluding carboxylic acids is 3. The quantitative estimate of drug-likeness (QED) is 0.281. The van der Waals surface area contributed by atoms with Gasteiger partial charge in [-0.1, -0.05) is 18.2 Å². The Morgan fingerprint density at radius 1 is 1.00 bits per heavy atom. The molecule has 1 aliphatic rings. The Bertz CT molecular complexity index is 677. The number of rotatable bonds is 2. The number of benzene rings is 1. The Labute approximate surface area is 131 Å². The predicted octanol–water partition coefficient (Wildman–Crippen LogP) is 0.691. The number of aliphatic hydroxyl groups excluding tert-OH is 1. The van der Waals surface area contributed by atoms with Gasteiger partial charge < -0.3 is 19.3 Å². The number of esters is 2. The van der Waals surface area contributed by atoms with Gasteiger partial charge in [-0.15, -0.1) is 0 Å². The minimum absolute atomic E-state index is 0.0790. The van der Waals surface area contributed by atoms with Gasteiger partial charge in [-0.25, -0.2) is 19.3 Å². The highest BCUT2D eigenvalue weighted by Crippen LogP contribution is 2.41. The number of carbonyl (C=O) groups is 3. The molecule has 8 heteroatoms. The normalized spacial score (nSPS) is 15.7. The molecule has 1 unspecified atom stereocenters. The second-order valence-electron chi connectivity index (χ2n) is 4.50. The summed E-state index contributed by atoms with van der Waals surface area (Å²) in [6.45, 7) is 0. The van der Waals surface area contributed by atoms with E-state index < -0.39 is 29.8 Å². The smallest absolute Gasteiger partial charge is 0.416 e. The molecular formula is C15H15NO7. The summed E-state index contributed by atoms with van der Waals surface area (Å²) in [5, 5.41) is 10.5. The highest BCUT2D eigenvalue weighted by Gasteiger charge is 2.42. The van der Waals surface area contributed by atoms with E-state index in [0.29, 0.717) is 11.3 Å². The minimum atomic E-state index is -1.59. The number of hydrogen-bond acceptors (Lipinski definition) is 7. The first-order chi connectivity index (χ1) is 11.0. The van der Waals surface area contributed by atoms with Crippen LogP contribution in [0.2, 0.25) is 0 Å². The molecule has 0 aliphatic carbocycles. The maximum atomic E-state index is 12.0. The van der Waals surface area contributed by atoms with E-state index in [1.807, 2.05) is 0 Å². The van der Waals surface area contributed by atoms with Crippen LogP contribution in [0.15, 0.2) is 29.8 Å². The van der Waals surface area contributed by atoms with Crippen LogP contribution in [-0.4, -0.2) is 50.7 Å². The Balaban J connectivity index is 2.75. The number of para-hydroxylation sites is 1. The van der Waals surface area contributed by atoms with E-state index in [-0.39, 0.29) is 5.57 Å². The van der Waals surface area contributed by atoms with Crippen molar-refractivity contribution in [1.82, 2.24) is 0 Å². The summed E-state index contributed by atoms with van der Waals surface area (Å²) in [5.74, 6) is -1.96. The van der Waals surface area contributed by atoms with Gasteiger partial charge in [0.25, 0.3) is 0 Å². The van der Waals surface area contributed by atoms with Crippen molar-refractivity contribution in [2.45, 2.75) is 6.23 Å². The van der Waals surface area contributed by atoms with Gasteiger partial charge in [0.1, 0.15) is 0 Å². The first kappa shape index (κ1) is 16.5. The van der Waals surface area contributed by atoms with E-state index in [2.05, 4.69) is 14.2 Å². The molecule has 0 aromatic heterocycles. The lowest BCUT2D eigenvalue weighted by molar-refractivity contribution is -0.144. The van der Waals surface area contributed by atoms with Gasteiger partial charge in [-0.05, 0) is 6.07 Å². The van der Waals surface area contributed by atoms with E-state index >= 15 is 0 Å². The van der Waals surface area contributed by atoms with Gasteiger partial charge in [0.2, 0.25) is 0 Å². The lowest BCUT2D eigenvalue weighted by Crippen LogP contribution is -2.38. The molecule has 0 radical (unpaired) electrons. The van der Waals surface area contributed by atoms with Gasteiger partial charge >= 0.3 is 18.0 Å². The van der Waals surface area contributed by atoms with Gasteiger partial charge in [0.05, 0.1) is 27.0 Å². The predicted molar refractivity (Wildman–Crippen MR) is 78.3 cm³/mol. The van der Waals surface area contributed by atoms with Crippen molar-refractivity contribution < 1.29 is 33.7 Å². The molecule has 1 amide bonds. The van der Waals surface area contributed by atoms with Crippen molar-refractivity contribution in [3.63, 3.8) is 0 Å². The lowest BCUT2D eigenvalue weighted by Gasteiger charge is -2.20. The molecule has 0 bridgehead atoms. The molecule has 1 aromatic carbocycles. The molecule has 1 aliphatic heterocycles. The zero-order chi connectivity index (χ0) is 17.1. The van der Waals surface area contributed by atoms with Gasteiger partial charge in [0, 0.05) is 11.1 Å². The molecule has 1 atom stereocenters. The van der Waals surface area contributed by atoms with E-state index in [4.69, 9.17) is 0 Å². The van der Waals surface area contributed by atoms with Crippen molar-refractivity contribution >= 4 is 29.3 Å². The van der Waals surface area contributed by atoms with Crippen LogP contribution in [0.3, 0.4) is 0 Å².